The molecule has 2 aliphatic rings. The number of rotatable bonds is 8. The van der Waals surface area contributed by atoms with Gasteiger partial charge in [-0.05, 0) is 67.3 Å². The fourth-order valence-corrected chi connectivity index (χ4v) is 4.69. The topological polar surface area (TPSA) is 106 Å². The molecule has 2 N–H and O–H groups in total. The number of morpholine rings is 1. The van der Waals surface area contributed by atoms with Crippen molar-refractivity contribution in [1.82, 2.24) is 19.1 Å². The molecule has 0 unspecified atom stereocenters. The van der Waals surface area contributed by atoms with Crippen LogP contribution in [0.5, 0.6) is 0 Å². The molecule has 2 aromatic carbocycles. The highest BCUT2D eigenvalue weighted by Gasteiger charge is 2.26. The molecule has 1 amide bonds. The molecule has 4 aromatic rings. The number of amides is 1. The number of carbonyl (C=O) groups is 1. The monoisotopic (exact) mass is 511 g/mol. The van der Waals surface area contributed by atoms with Gasteiger partial charge < -0.3 is 20.3 Å². The summed E-state index contributed by atoms with van der Waals surface area (Å²) in [5.41, 5.74) is 4.17. The van der Waals surface area contributed by atoms with Gasteiger partial charge in [0, 0.05) is 36.7 Å². The lowest BCUT2D eigenvalue weighted by molar-refractivity contribution is -0.111. The van der Waals surface area contributed by atoms with Crippen molar-refractivity contribution in [2.75, 3.05) is 41.8 Å². The van der Waals surface area contributed by atoms with Crippen molar-refractivity contribution in [2.24, 2.45) is 5.92 Å². The smallest absolute Gasteiger partial charge is 0.335 e. The van der Waals surface area contributed by atoms with Gasteiger partial charge in [0.1, 0.15) is 5.52 Å². The molecule has 38 heavy (non-hydrogen) atoms. The van der Waals surface area contributed by atoms with Crippen LogP contribution in [0.3, 0.4) is 0 Å². The molecule has 2 aromatic heterocycles. The molecule has 0 bridgehead atoms. The molecule has 3 heterocycles. The van der Waals surface area contributed by atoms with Crippen LogP contribution < -0.4 is 21.2 Å². The lowest BCUT2D eigenvalue weighted by Gasteiger charge is -2.28. The third-order valence-electron chi connectivity index (χ3n) is 6.87. The molecule has 1 aliphatic carbocycles. The number of carbonyl (C=O) groups excluding carboxylic acids is 1. The van der Waals surface area contributed by atoms with Crippen molar-refractivity contribution >= 4 is 40.1 Å². The van der Waals surface area contributed by atoms with Gasteiger partial charge in [-0.15, -0.1) is 0 Å². The van der Waals surface area contributed by atoms with Crippen LogP contribution in [0.25, 0.3) is 16.9 Å². The summed E-state index contributed by atoms with van der Waals surface area (Å²) in [6.45, 7) is 7.36. The second-order valence-corrected chi connectivity index (χ2v) is 9.59. The summed E-state index contributed by atoms with van der Waals surface area (Å²) >= 11 is 0. The number of benzene rings is 2. The minimum absolute atomic E-state index is 0.180. The fraction of sp³-hybridized carbons (Fsp3) is 0.286. The Hall–Kier alpha value is -4.44. The van der Waals surface area contributed by atoms with E-state index in [-0.39, 0.29) is 11.6 Å². The highest BCUT2D eigenvalue weighted by Crippen LogP contribution is 2.31. The first-order valence-corrected chi connectivity index (χ1v) is 12.8. The average molecular weight is 512 g/mol. The van der Waals surface area contributed by atoms with Crippen LogP contribution in [-0.2, 0) is 16.1 Å². The third-order valence-corrected chi connectivity index (χ3v) is 6.87. The number of imidazole rings is 1. The molecule has 1 saturated carbocycles. The van der Waals surface area contributed by atoms with E-state index in [4.69, 9.17) is 9.72 Å². The molecule has 0 radical (unpaired) electrons. The summed E-state index contributed by atoms with van der Waals surface area (Å²) in [4.78, 5) is 37.0. The Balaban J connectivity index is 1.35. The van der Waals surface area contributed by atoms with Crippen molar-refractivity contribution in [1.29, 1.82) is 0 Å². The molecular formula is C28H29N7O3. The van der Waals surface area contributed by atoms with E-state index in [1.54, 1.807) is 33.5 Å². The van der Waals surface area contributed by atoms with Crippen molar-refractivity contribution in [3.05, 3.63) is 77.9 Å². The van der Waals surface area contributed by atoms with Crippen LogP contribution in [0.2, 0.25) is 0 Å². The van der Waals surface area contributed by atoms with Crippen molar-refractivity contribution in [2.45, 2.75) is 19.4 Å². The van der Waals surface area contributed by atoms with Crippen LogP contribution in [0.4, 0.5) is 23.0 Å². The maximum atomic E-state index is 13.6. The Bertz CT molecular complexity index is 1550. The van der Waals surface area contributed by atoms with Gasteiger partial charge in [0.25, 0.3) is 0 Å². The predicted octanol–water partition coefficient (Wildman–Crippen LogP) is 3.70. The second kappa shape index (κ2) is 10.1. The van der Waals surface area contributed by atoms with E-state index < -0.39 is 0 Å². The van der Waals surface area contributed by atoms with Crippen LogP contribution in [0, 0.1) is 5.92 Å². The van der Waals surface area contributed by atoms with Crippen molar-refractivity contribution in [3.63, 3.8) is 0 Å². The predicted molar refractivity (Wildman–Crippen MR) is 147 cm³/mol. The Labute approximate surface area is 219 Å². The normalized spacial score (nSPS) is 15.4. The largest absolute Gasteiger partial charge is 0.378 e. The van der Waals surface area contributed by atoms with E-state index >= 15 is 0 Å². The maximum Gasteiger partial charge on any atom is 0.335 e. The zero-order chi connectivity index (χ0) is 26.1. The average Bonchev–Trinajstić information content (AvgIpc) is 3.73. The minimum atomic E-state index is -0.320. The zero-order valence-corrected chi connectivity index (χ0v) is 21.0. The van der Waals surface area contributed by atoms with E-state index in [2.05, 4.69) is 39.2 Å². The van der Waals surface area contributed by atoms with Gasteiger partial charge in [-0.3, -0.25) is 9.36 Å². The first-order chi connectivity index (χ1) is 18.6. The summed E-state index contributed by atoms with van der Waals surface area (Å²) in [6, 6.07) is 15.3. The van der Waals surface area contributed by atoms with Gasteiger partial charge in [-0.2, -0.15) is 4.98 Å². The molecule has 2 fully saturated rings. The van der Waals surface area contributed by atoms with Crippen LogP contribution >= 0.6 is 0 Å². The molecule has 0 atom stereocenters. The molecule has 10 nitrogen and oxygen atoms in total. The van der Waals surface area contributed by atoms with Crippen molar-refractivity contribution in [3.8, 4) is 5.69 Å². The lowest BCUT2D eigenvalue weighted by atomic mass is 10.2. The summed E-state index contributed by atoms with van der Waals surface area (Å²) in [5.74, 6) is 0.567. The molecule has 1 aliphatic heterocycles. The van der Waals surface area contributed by atoms with E-state index in [1.807, 2.05) is 18.2 Å². The van der Waals surface area contributed by atoms with Crippen LogP contribution in [-0.4, -0.2) is 51.3 Å². The van der Waals surface area contributed by atoms with Gasteiger partial charge in [0.05, 0.1) is 25.1 Å². The van der Waals surface area contributed by atoms with Gasteiger partial charge in [-0.25, -0.2) is 14.3 Å². The molecule has 194 valence electrons. The number of nitrogens with one attached hydrogen (secondary N) is 2. The number of ether oxygens (including phenoxy) is 1. The van der Waals surface area contributed by atoms with Gasteiger partial charge in [0.15, 0.2) is 5.65 Å². The molecule has 10 heteroatoms. The first kappa shape index (κ1) is 23.9. The van der Waals surface area contributed by atoms with Crippen molar-refractivity contribution < 1.29 is 9.53 Å². The Morgan fingerprint density at radius 2 is 1.87 bits per heavy atom. The summed E-state index contributed by atoms with van der Waals surface area (Å²) in [6.07, 6.45) is 5.14. The number of hydrogen-bond donors (Lipinski definition) is 2. The quantitative estimate of drug-likeness (QED) is 0.348. The molecule has 1 saturated heterocycles. The second-order valence-electron chi connectivity index (χ2n) is 9.59. The van der Waals surface area contributed by atoms with E-state index in [1.165, 1.54) is 6.08 Å². The van der Waals surface area contributed by atoms with Gasteiger partial charge >= 0.3 is 5.69 Å². The summed E-state index contributed by atoms with van der Waals surface area (Å²) < 4.78 is 8.78. The Kier molecular flexibility index (Phi) is 6.38. The maximum absolute atomic E-state index is 13.6. The fourth-order valence-electron chi connectivity index (χ4n) is 4.69. The highest BCUT2D eigenvalue weighted by atomic mass is 16.5. The van der Waals surface area contributed by atoms with Gasteiger partial charge in [-0.1, -0.05) is 12.6 Å². The number of aromatic nitrogens is 4. The standard InChI is InChI=1S/C28H29N7O3/c1-2-25(36)30-21-4-3-5-23(16-21)35-26-24(34(28(35)37)18-19-6-7-19)17-29-27(32-26)31-20-8-10-22(11-9-20)33-12-14-38-15-13-33/h2-5,8-11,16-17,19H,1,6-7,12-15,18H2,(H,30,36)(H,29,31,32). The molecule has 6 rings (SSSR count). The van der Waals surface area contributed by atoms with E-state index in [9.17, 15) is 9.59 Å². The number of fused-ring (bicyclic) bond motifs is 1. The SMILES string of the molecule is C=CC(=O)Nc1cccc(-n2c(=O)n(CC3CC3)c3cnc(Nc4ccc(N5CCOCC5)cc4)nc32)c1. The number of nitrogens with zero attached hydrogens (tertiary/aromatic N) is 5. The summed E-state index contributed by atoms with van der Waals surface area (Å²) in [5, 5.41) is 6.03. The number of hydrogen-bond acceptors (Lipinski definition) is 7. The lowest BCUT2D eigenvalue weighted by Crippen LogP contribution is -2.36. The minimum Gasteiger partial charge on any atom is -0.378 e. The van der Waals surface area contributed by atoms with Crippen LogP contribution in [0.1, 0.15) is 12.8 Å². The zero-order valence-electron chi connectivity index (χ0n) is 21.0. The van der Waals surface area contributed by atoms with Crippen LogP contribution in [0.15, 0.2) is 72.2 Å². The third kappa shape index (κ3) is 4.90. The molecule has 0 spiro atoms. The summed E-state index contributed by atoms with van der Waals surface area (Å²) in [7, 11) is 0. The highest BCUT2D eigenvalue weighted by molar-refractivity contribution is 5.99. The first-order valence-electron chi connectivity index (χ1n) is 12.8. The Morgan fingerprint density at radius 1 is 1.08 bits per heavy atom. The molecular weight excluding hydrogens is 482 g/mol. The van der Waals surface area contributed by atoms with E-state index in [0.717, 1.165) is 50.5 Å². The van der Waals surface area contributed by atoms with Gasteiger partial charge in [0.2, 0.25) is 11.9 Å². The van der Waals surface area contributed by atoms with E-state index in [0.29, 0.717) is 40.9 Å². The number of anilines is 4. The Morgan fingerprint density at radius 3 is 2.61 bits per heavy atom.